The van der Waals surface area contributed by atoms with Crippen molar-refractivity contribution in [3.8, 4) is 17.2 Å². The standard InChI is InChI=1S/C21H29NO5.ClH/c1-24-13-11-17-7-9-19(10-8-17)27-16-18(23)15-22-12-14-26-21-6-4-3-5-20(21)25-2;/h3-10,18,22-23H,11-16H2,1-2H3;1H/t18-;/m1./s1. The van der Waals surface area contributed by atoms with Crippen LogP contribution in [0.1, 0.15) is 5.56 Å². The highest BCUT2D eigenvalue weighted by atomic mass is 35.5. The first kappa shape index (κ1) is 24.0. The quantitative estimate of drug-likeness (QED) is 0.494. The predicted molar refractivity (Wildman–Crippen MR) is 112 cm³/mol. The molecule has 0 aliphatic heterocycles. The van der Waals surface area contributed by atoms with Gasteiger partial charge >= 0.3 is 0 Å². The molecule has 0 aromatic heterocycles. The number of aliphatic hydroxyl groups excluding tert-OH is 1. The maximum atomic E-state index is 10.0. The first-order valence-corrected chi connectivity index (χ1v) is 9.08. The van der Waals surface area contributed by atoms with Gasteiger partial charge in [-0.1, -0.05) is 24.3 Å². The zero-order valence-corrected chi connectivity index (χ0v) is 17.2. The van der Waals surface area contributed by atoms with E-state index in [1.165, 1.54) is 5.56 Å². The van der Waals surface area contributed by atoms with E-state index in [2.05, 4.69) is 5.32 Å². The Hall–Kier alpha value is -1.99. The lowest BCUT2D eigenvalue weighted by Gasteiger charge is -2.14. The predicted octanol–water partition coefficient (Wildman–Crippen LogP) is 2.71. The van der Waals surface area contributed by atoms with Crippen molar-refractivity contribution in [3.63, 3.8) is 0 Å². The number of hydrogen-bond acceptors (Lipinski definition) is 6. The minimum absolute atomic E-state index is 0. The normalized spacial score (nSPS) is 11.4. The fourth-order valence-corrected chi connectivity index (χ4v) is 2.46. The maximum absolute atomic E-state index is 10.0. The van der Waals surface area contributed by atoms with Crippen molar-refractivity contribution in [1.29, 1.82) is 0 Å². The van der Waals surface area contributed by atoms with Gasteiger partial charge in [-0.2, -0.15) is 0 Å². The number of ether oxygens (including phenoxy) is 4. The van der Waals surface area contributed by atoms with Crippen LogP contribution in [0.5, 0.6) is 17.2 Å². The summed E-state index contributed by atoms with van der Waals surface area (Å²) >= 11 is 0. The van der Waals surface area contributed by atoms with Crippen LogP contribution in [0.3, 0.4) is 0 Å². The Morgan fingerprint density at radius 3 is 2.32 bits per heavy atom. The Bertz CT molecular complexity index is 653. The second-order valence-corrected chi connectivity index (χ2v) is 6.06. The van der Waals surface area contributed by atoms with Crippen molar-refractivity contribution in [2.45, 2.75) is 12.5 Å². The van der Waals surface area contributed by atoms with Gasteiger partial charge in [-0.3, -0.25) is 0 Å². The minimum atomic E-state index is -0.593. The first-order valence-electron chi connectivity index (χ1n) is 9.08. The van der Waals surface area contributed by atoms with Crippen molar-refractivity contribution in [2.24, 2.45) is 0 Å². The molecule has 0 spiro atoms. The number of methoxy groups -OCH3 is 2. The number of para-hydroxylation sites is 2. The fraction of sp³-hybridized carbons (Fsp3) is 0.429. The van der Waals surface area contributed by atoms with Crippen LogP contribution in [0.15, 0.2) is 48.5 Å². The molecule has 0 amide bonds. The highest BCUT2D eigenvalue weighted by Gasteiger charge is 2.06. The van der Waals surface area contributed by atoms with Crippen LogP contribution in [0.2, 0.25) is 0 Å². The second kappa shape index (κ2) is 14.1. The summed E-state index contributed by atoms with van der Waals surface area (Å²) in [6.45, 7) is 2.46. The van der Waals surface area contributed by atoms with Crippen molar-refractivity contribution in [3.05, 3.63) is 54.1 Å². The summed E-state index contributed by atoms with van der Waals surface area (Å²) in [5, 5.41) is 13.2. The number of benzene rings is 2. The van der Waals surface area contributed by atoms with Gasteiger partial charge in [-0.15, -0.1) is 12.4 Å². The van der Waals surface area contributed by atoms with Gasteiger partial charge in [0.05, 0.1) is 13.7 Å². The molecule has 156 valence electrons. The summed E-state index contributed by atoms with van der Waals surface area (Å²) in [5.74, 6) is 2.16. The molecule has 0 radical (unpaired) electrons. The average molecular weight is 412 g/mol. The molecule has 0 saturated carbocycles. The number of rotatable bonds is 13. The topological polar surface area (TPSA) is 69.2 Å². The molecule has 0 aliphatic rings. The van der Waals surface area contributed by atoms with Crippen LogP contribution < -0.4 is 19.5 Å². The third kappa shape index (κ3) is 8.80. The highest BCUT2D eigenvalue weighted by molar-refractivity contribution is 5.85. The molecule has 0 unspecified atom stereocenters. The molecule has 0 saturated heterocycles. The minimum Gasteiger partial charge on any atom is -0.493 e. The van der Waals surface area contributed by atoms with Crippen LogP contribution in [0, 0.1) is 0 Å². The van der Waals surface area contributed by atoms with E-state index in [4.69, 9.17) is 18.9 Å². The molecule has 6 nitrogen and oxygen atoms in total. The van der Waals surface area contributed by atoms with E-state index in [1.807, 2.05) is 48.5 Å². The Morgan fingerprint density at radius 2 is 1.64 bits per heavy atom. The Balaban J connectivity index is 0.00000392. The van der Waals surface area contributed by atoms with Gasteiger partial charge in [0.25, 0.3) is 0 Å². The molecule has 28 heavy (non-hydrogen) atoms. The highest BCUT2D eigenvalue weighted by Crippen LogP contribution is 2.25. The molecular formula is C21H30ClNO5. The molecule has 7 heteroatoms. The van der Waals surface area contributed by atoms with Crippen molar-refractivity contribution in [2.75, 3.05) is 47.1 Å². The molecule has 0 heterocycles. The van der Waals surface area contributed by atoms with Gasteiger partial charge < -0.3 is 29.4 Å². The van der Waals surface area contributed by atoms with E-state index in [0.29, 0.717) is 37.8 Å². The lowest BCUT2D eigenvalue weighted by Crippen LogP contribution is -2.33. The van der Waals surface area contributed by atoms with Gasteiger partial charge in [0, 0.05) is 20.2 Å². The molecule has 2 N–H and O–H groups in total. The third-order valence-electron chi connectivity index (χ3n) is 3.95. The van der Waals surface area contributed by atoms with E-state index < -0.39 is 6.10 Å². The average Bonchev–Trinajstić information content (AvgIpc) is 2.71. The maximum Gasteiger partial charge on any atom is 0.161 e. The summed E-state index contributed by atoms with van der Waals surface area (Å²) in [6, 6.07) is 15.3. The largest absolute Gasteiger partial charge is 0.493 e. The molecule has 0 aliphatic carbocycles. The smallest absolute Gasteiger partial charge is 0.161 e. The first-order chi connectivity index (χ1) is 13.2. The zero-order valence-electron chi connectivity index (χ0n) is 16.4. The van der Waals surface area contributed by atoms with E-state index in [-0.39, 0.29) is 19.0 Å². The van der Waals surface area contributed by atoms with Crippen LogP contribution in [0.4, 0.5) is 0 Å². The van der Waals surface area contributed by atoms with Crippen molar-refractivity contribution in [1.82, 2.24) is 5.32 Å². The van der Waals surface area contributed by atoms with E-state index in [9.17, 15) is 5.11 Å². The number of aliphatic hydroxyl groups is 1. The Kier molecular flexibility index (Phi) is 12.1. The number of hydrogen-bond donors (Lipinski definition) is 2. The molecule has 2 aromatic rings. The van der Waals surface area contributed by atoms with Crippen molar-refractivity contribution < 1.29 is 24.1 Å². The molecule has 2 aromatic carbocycles. The molecule has 1 atom stereocenters. The summed E-state index contributed by atoms with van der Waals surface area (Å²) in [4.78, 5) is 0. The number of halogens is 1. The van der Waals surface area contributed by atoms with Crippen LogP contribution in [-0.2, 0) is 11.2 Å². The van der Waals surface area contributed by atoms with E-state index in [1.54, 1.807) is 14.2 Å². The summed E-state index contributed by atoms with van der Waals surface area (Å²) in [5.41, 5.74) is 1.20. The monoisotopic (exact) mass is 411 g/mol. The van der Waals surface area contributed by atoms with Gasteiger partial charge in [-0.05, 0) is 36.2 Å². The van der Waals surface area contributed by atoms with Gasteiger partial charge in [0.2, 0.25) is 0 Å². The third-order valence-corrected chi connectivity index (χ3v) is 3.95. The Labute approximate surface area is 173 Å². The lowest BCUT2D eigenvalue weighted by atomic mass is 10.1. The SMILES string of the molecule is COCCc1ccc(OC[C@H](O)CNCCOc2ccccc2OC)cc1.Cl. The summed E-state index contributed by atoms with van der Waals surface area (Å²) < 4.78 is 21.6. The van der Waals surface area contributed by atoms with Crippen LogP contribution >= 0.6 is 12.4 Å². The lowest BCUT2D eigenvalue weighted by molar-refractivity contribution is 0.105. The van der Waals surface area contributed by atoms with Gasteiger partial charge in [0.15, 0.2) is 11.5 Å². The van der Waals surface area contributed by atoms with Crippen LogP contribution in [-0.4, -0.2) is 58.3 Å². The van der Waals surface area contributed by atoms with Crippen molar-refractivity contribution >= 4 is 12.4 Å². The number of nitrogens with one attached hydrogen (secondary N) is 1. The van der Waals surface area contributed by atoms with Crippen LogP contribution in [0.25, 0.3) is 0 Å². The molecular weight excluding hydrogens is 382 g/mol. The molecule has 0 bridgehead atoms. The fourth-order valence-electron chi connectivity index (χ4n) is 2.46. The zero-order chi connectivity index (χ0) is 19.3. The summed E-state index contributed by atoms with van der Waals surface area (Å²) in [7, 11) is 3.31. The molecule has 2 rings (SSSR count). The molecule has 0 fully saturated rings. The van der Waals surface area contributed by atoms with E-state index in [0.717, 1.165) is 12.2 Å². The van der Waals surface area contributed by atoms with E-state index >= 15 is 0 Å². The second-order valence-electron chi connectivity index (χ2n) is 6.06. The Morgan fingerprint density at radius 1 is 0.929 bits per heavy atom. The van der Waals surface area contributed by atoms with Gasteiger partial charge in [-0.25, -0.2) is 0 Å². The van der Waals surface area contributed by atoms with Gasteiger partial charge in [0.1, 0.15) is 25.1 Å². The summed E-state index contributed by atoms with van der Waals surface area (Å²) in [6.07, 6.45) is 0.282.